The summed E-state index contributed by atoms with van der Waals surface area (Å²) >= 11 is 0. The van der Waals surface area contributed by atoms with Gasteiger partial charge in [0.1, 0.15) is 89.8 Å². The predicted molar refractivity (Wildman–Crippen MR) is 226 cm³/mol. The standard InChI is InChI=1S/C50H22N8O5/c51-18-32(19-52)45-37-5-1-3-7-39(37)47(34(22-55)23-56)43-13-28(9-11-41(43)45)26-62-49(60)30-15-31(17-36(59)16-30)50(61)63-27-29-10-12-42-44(14-29)48(35(24-57)25-58)40-8-4-2-6-38(40)46(42)33(20-53)21-54/h1-17,59H,26-27H2. The Morgan fingerprint density at radius 3 is 0.984 bits per heavy atom. The van der Waals surface area contributed by atoms with Crippen LogP contribution in [0.1, 0.15) is 31.8 Å². The summed E-state index contributed by atoms with van der Waals surface area (Å²) in [5.41, 5.74) is -0.370. The maximum atomic E-state index is 13.4. The number of carbonyl (C=O) groups is 2. The molecule has 0 radical (unpaired) electrons. The van der Waals surface area contributed by atoms with Gasteiger partial charge in [-0.3, -0.25) is 0 Å². The number of hydrogen-bond acceptors (Lipinski definition) is 13. The Morgan fingerprint density at radius 1 is 0.397 bits per heavy atom. The Hall–Kier alpha value is -10.3. The predicted octanol–water partition coefficient (Wildman–Crippen LogP) is 5.51. The Kier molecular flexibility index (Phi) is 11.2. The van der Waals surface area contributed by atoms with Crippen LogP contribution in [0.25, 0.3) is 65.4 Å². The molecule has 0 saturated heterocycles. The molecule has 0 saturated carbocycles. The van der Waals surface area contributed by atoms with Crippen LogP contribution in [-0.4, -0.2) is 17.0 Å². The van der Waals surface area contributed by atoms with E-state index in [9.17, 15) is 56.8 Å². The minimum Gasteiger partial charge on any atom is -0.508 e. The number of carbonyl (C=O) groups excluding carboxylic acids is 2. The fourth-order valence-corrected chi connectivity index (χ4v) is 7.57. The van der Waals surface area contributed by atoms with Crippen molar-refractivity contribution in [3.05, 3.63) is 146 Å². The minimum atomic E-state index is -0.927. The molecule has 0 aliphatic rings. The summed E-state index contributed by atoms with van der Waals surface area (Å²) in [5.74, 6) is -2.30. The molecule has 13 nitrogen and oxygen atoms in total. The van der Waals surface area contributed by atoms with Gasteiger partial charge in [0.25, 0.3) is 0 Å². The van der Waals surface area contributed by atoms with E-state index in [4.69, 9.17) is 9.47 Å². The van der Waals surface area contributed by atoms with Crippen LogP contribution in [0.2, 0.25) is 0 Å². The van der Waals surface area contributed by atoms with Crippen LogP contribution in [0, 0.1) is 90.6 Å². The molecule has 0 atom stereocenters. The van der Waals surface area contributed by atoms with Crippen LogP contribution in [-0.2, 0) is 22.7 Å². The van der Waals surface area contributed by atoms with Gasteiger partial charge in [-0.15, -0.1) is 0 Å². The van der Waals surface area contributed by atoms with Crippen LogP contribution >= 0.6 is 0 Å². The number of nitrogens with zero attached hydrogens (tertiary/aromatic N) is 8. The number of rotatable bonds is 6. The number of fused-ring (bicyclic) bond motifs is 4. The van der Waals surface area contributed by atoms with Gasteiger partial charge >= 0.3 is 11.9 Å². The second-order valence-electron chi connectivity index (χ2n) is 13.7. The molecular weight excluding hydrogens is 793 g/mol. The molecule has 0 amide bonds. The van der Waals surface area contributed by atoms with Gasteiger partial charge in [0.2, 0.25) is 0 Å². The molecule has 7 rings (SSSR count). The third-order valence-corrected chi connectivity index (χ3v) is 10.2. The van der Waals surface area contributed by atoms with Crippen LogP contribution < -0.4 is 20.9 Å². The highest BCUT2D eigenvalue weighted by molar-refractivity contribution is 6.07. The van der Waals surface area contributed by atoms with E-state index in [0.717, 1.165) is 12.1 Å². The lowest BCUT2D eigenvalue weighted by molar-refractivity contribution is 0.0469. The lowest BCUT2D eigenvalue weighted by atomic mass is 9.93. The van der Waals surface area contributed by atoms with Crippen LogP contribution in [0.3, 0.4) is 0 Å². The average molecular weight is 815 g/mol. The van der Waals surface area contributed by atoms with E-state index in [0.29, 0.717) is 64.7 Å². The Labute approximate surface area is 356 Å². The zero-order valence-electron chi connectivity index (χ0n) is 32.4. The number of esters is 2. The van der Waals surface area contributed by atoms with E-state index in [1.54, 1.807) is 84.9 Å². The summed E-state index contributed by atoms with van der Waals surface area (Å²) in [7, 11) is 0. The summed E-state index contributed by atoms with van der Waals surface area (Å²) in [4.78, 5) is 26.8. The summed E-state index contributed by atoms with van der Waals surface area (Å²) < 4.78 is 11.1. The minimum absolute atomic E-state index is 0.182. The van der Waals surface area contributed by atoms with Crippen molar-refractivity contribution in [1.29, 1.82) is 42.1 Å². The van der Waals surface area contributed by atoms with E-state index in [-0.39, 0.29) is 57.1 Å². The van der Waals surface area contributed by atoms with Gasteiger partial charge in [-0.25, -0.2) is 9.59 Å². The van der Waals surface area contributed by atoms with Crippen LogP contribution in [0.15, 0.2) is 103 Å². The van der Waals surface area contributed by atoms with E-state index < -0.39 is 17.7 Å². The number of benzene rings is 7. The van der Waals surface area contributed by atoms with Crippen molar-refractivity contribution in [2.45, 2.75) is 13.2 Å². The Morgan fingerprint density at radius 2 is 0.683 bits per heavy atom. The highest BCUT2D eigenvalue weighted by Crippen LogP contribution is 2.23. The number of aromatic hydroxyl groups is 1. The van der Waals surface area contributed by atoms with E-state index in [1.807, 2.05) is 48.6 Å². The fraction of sp³-hybridized carbons (Fsp3) is 0.0400. The second kappa shape index (κ2) is 17.3. The molecule has 7 aromatic carbocycles. The number of ether oxygens (including phenoxy) is 2. The van der Waals surface area contributed by atoms with Gasteiger partial charge < -0.3 is 14.6 Å². The van der Waals surface area contributed by atoms with Crippen LogP contribution in [0.4, 0.5) is 0 Å². The van der Waals surface area contributed by atoms with Crippen molar-refractivity contribution in [2.75, 3.05) is 0 Å². The first-order valence-corrected chi connectivity index (χ1v) is 18.5. The second-order valence-corrected chi connectivity index (χ2v) is 13.7. The molecular formula is C50H22N8O5. The molecule has 0 unspecified atom stereocenters. The molecule has 0 fully saturated rings. The number of phenols is 1. The SMILES string of the molecule is N#CC(C#N)=c1c2ccccc2c(=C(C#N)C#N)c2cc(COC(=O)c3cc(O)cc(C(=O)OCc4ccc5c(=C(C#N)C#N)c6ccccc6c(=C(C#N)C#N)c5c4)c3)ccc12. The number of phenolic OH excluding ortho intramolecular Hbond substituents is 1. The Balaban J connectivity index is 1.20. The highest BCUT2D eigenvalue weighted by Gasteiger charge is 2.19. The van der Waals surface area contributed by atoms with Gasteiger partial charge in [-0.2, -0.15) is 42.1 Å². The monoisotopic (exact) mass is 814 g/mol. The smallest absolute Gasteiger partial charge is 0.338 e. The molecule has 0 aromatic heterocycles. The Bertz CT molecular complexity index is 3540. The molecule has 1 N–H and O–H groups in total. The molecule has 0 bridgehead atoms. The van der Waals surface area contributed by atoms with Crippen LogP contribution in [0.5, 0.6) is 5.75 Å². The molecule has 7 aromatic rings. The quantitative estimate of drug-likeness (QED) is 0.161. The molecule has 0 aliphatic carbocycles. The zero-order valence-corrected chi connectivity index (χ0v) is 32.4. The van der Waals surface area contributed by atoms with E-state index in [2.05, 4.69) is 0 Å². The van der Waals surface area contributed by atoms with Crippen molar-refractivity contribution in [3.8, 4) is 54.3 Å². The van der Waals surface area contributed by atoms with Gasteiger partial charge in [0.15, 0.2) is 0 Å². The van der Waals surface area contributed by atoms with Crippen molar-refractivity contribution < 1.29 is 24.2 Å². The normalized spacial score (nSPS) is 10.1. The highest BCUT2D eigenvalue weighted by atomic mass is 16.5. The van der Waals surface area contributed by atoms with Crippen molar-refractivity contribution >= 4 is 77.3 Å². The van der Waals surface area contributed by atoms with Crippen molar-refractivity contribution in [2.24, 2.45) is 0 Å². The first-order chi connectivity index (χ1) is 30.6. The molecule has 292 valence electrons. The molecule has 0 heterocycles. The topological polar surface area (TPSA) is 263 Å². The molecule has 13 heteroatoms. The number of hydrogen-bond donors (Lipinski definition) is 1. The third-order valence-electron chi connectivity index (χ3n) is 10.2. The summed E-state index contributed by atoms with van der Waals surface area (Å²) in [6.07, 6.45) is 0. The van der Waals surface area contributed by atoms with Gasteiger partial charge in [-0.1, -0.05) is 72.8 Å². The van der Waals surface area contributed by atoms with Crippen molar-refractivity contribution in [1.82, 2.24) is 0 Å². The first kappa shape index (κ1) is 40.9. The zero-order chi connectivity index (χ0) is 44.8. The lowest BCUT2D eigenvalue weighted by Crippen LogP contribution is -2.19. The lowest BCUT2D eigenvalue weighted by Gasteiger charge is -2.12. The van der Waals surface area contributed by atoms with Crippen molar-refractivity contribution in [3.63, 3.8) is 0 Å². The van der Waals surface area contributed by atoms with Gasteiger partial charge in [0.05, 0.1) is 11.1 Å². The third kappa shape index (κ3) is 7.37. The summed E-state index contributed by atoms with van der Waals surface area (Å²) in [6, 6.07) is 41.8. The van der Waals surface area contributed by atoms with Gasteiger partial charge in [0, 0.05) is 20.9 Å². The molecule has 0 spiro atoms. The average Bonchev–Trinajstić information content (AvgIpc) is 3.31. The first-order valence-electron chi connectivity index (χ1n) is 18.5. The fourth-order valence-electron chi connectivity index (χ4n) is 7.57. The molecule has 0 aliphatic heterocycles. The maximum Gasteiger partial charge on any atom is 0.338 e. The summed E-state index contributed by atoms with van der Waals surface area (Å²) in [5, 5.41) is 94.0. The van der Waals surface area contributed by atoms with E-state index >= 15 is 0 Å². The maximum absolute atomic E-state index is 13.4. The summed E-state index contributed by atoms with van der Waals surface area (Å²) in [6.45, 7) is -0.681. The largest absolute Gasteiger partial charge is 0.508 e. The molecule has 63 heavy (non-hydrogen) atoms. The number of nitriles is 8. The van der Waals surface area contributed by atoms with E-state index in [1.165, 1.54) is 6.07 Å². The van der Waals surface area contributed by atoms with Gasteiger partial charge in [-0.05, 0) is 84.5 Å².